The number of phenols is 5. The summed E-state index contributed by atoms with van der Waals surface area (Å²) >= 11 is 0. The van der Waals surface area contributed by atoms with Crippen LogP contribution in [0.3, 0.4) is 0 Å². The second-order valence-electron chi connectivity index (χ2n) is 3.82. The lowest BCUT2D eigenvalue weighted by atomic mass is 10.2. The fourth-order valence-electron chi connectivity index (χ4n) is 1.63. The minimum absolute atomic E-state index is 0.0795. The molecule has 0 bridgehead atoms. The van der Waals surface area contributed by atoms with Crippen molar-refractivity contribution >= 4 is 0 Å². The van der Waals surface area contributed by atoms with Crippen LogP contribution in [0.15, 0.2) is 10.9 Å². The second-order valence-corrected chi connectivity index (χ2v) is 3.82. The lowest BCUT2D eigenvalue weighted by Gasteiger charge is -2.13. The number of rotatable bonds is 1. The summed E-state index contributed by atoms with van der Waals surface area (Å²) in [5, 5.41) is 56.8. The third-order valence-corrected chi connectivity index (χ3v) is 2.60. The molecule has 0 saturated carbocycles. The first-order chi connectivity index (χ1) is 8.77. The van der Waals surface area contributed by atoms with Crippen molar-refractivity contribution in [2.24, 2.45) is 0 Å². The van der Waals surface area contributed by atoms with E-state index in [0.717, 1.165) is 6.07 Å². The molecule has 0 saturated heterocycles. The molecule has 0 radical (unpaired) electrons. The molecule has 0 aliphatic heterocycles. The Morgan fingerprint density at radius 1 is 0.895 bits per heavy atom. The van der Waals surface area contributed by atoms with Crippen LogP contribution in [0.5, 0.6) is 28.7 Å². The van der Waals surface area contributed by atoms with Crippen molar-refractivity contribution < 1.29 is 30.7 Å². The Morgan fingerprint density at radius 3 is 1.68 bits per heavy atom. The molecule has 0 aliphatic carbocycles. The first-order valence-corrected chi connectivity index (χ1v) is 4.97. The molecule has 1 aromatic heterocycles. The number of phenolic OH excluding ortho intramolecular Hbond substituents is 5. The zero-order chi connectivity index (χ0) is 14.5. The van der Waals surface area contributed by atoms with E-state index in [1.807, 2.05) is 0 Å². The van der Waals surface area contributed by atoms with Crippen LogP contribution in [-0.2, 0) is 0 Å². The molecule has 1 heterocycles. The number of aromatic hydroxyl groups is 5. The number of nitrogens with zero attached hydrogens (tertiary/aromatic N) is 2. The molecule has 0 spiro atoms. The van der Waals surface area contributed by atoms with Crippen LogP contribution < -0.4 is 5.56 Å². The first kappa shape index (κ1) is 12.5. The van der Waals surface area contributed by atoms with Gasteiger partial charge in [-0.1, -0.05) is 0 Å². The largest absolute Gasteiger partial charge is 0.503 e. The van der Waals surface area contributed by atoms with Crippen LogP contribution in [0, 0.1) is 6.92 Å². The van der Waals surface area contributed by atoms with Crippen molar-refractivity contribution in [2.75, 3.05) is 0 Å². The van der Waals surface area contributed by atoms with Gasteiger partial charge in [-0.2, -0.15) is 4.68 Å². The molecule has 2 aromatic rings. The number of aryl methyl sites for hydroxylation is 1. The van der Waals surface area contributed by atoms with E-state index < -0.39 is 40.0 Å². The molecule has 0 atom stereocenters. The minimum Gasteiger partial charge on any atom is -0.503 e. The summed E-state index contributed by atoms with van der Waals surface area (Å²) < 4.78 is 0.402. The quantitative estimate of drug-likeness (QED) is 0.237. The lowest BCUT2D eigenvalue weighted by molar-refractivity contribution is 0.119. The van der Waals surface area contributed by atoms with Crippen LogP contribution in [0.4, 0.5) is 0 Å². The monoisotopic (exact) mass is 270 g/mol. The molecule has 2 rings (SSSR count). The van der Waals surface area contributed by atoms with Crippen molar-refractivity contribution in [2.45, 2.75) is 6.92 Å². The van der Waals surface area contributed by atoms with Crippen molar-refractivity contribution in [3.63, 3.8) is 0 Å². The highest BCUT2D eigenvalue weighted by atomic mass is 16.5. The molecular formula is C10H10N2O7. The minimum atomic E-state index is -1.15. The predicted molar refractivity (Wildman–Crippen MR) is 60.3 cm³/mol. The Labute approximate surface area is 105 Å². The van der Waals surface area contributed by atoms with Crippen LogP contribution in [0.1, 0.15) is 5.69 Å². The van der Waals surface area contributed by atoms with E-state index >= 15 is 0 Å². The Kier molecular flexibility index (Phi) is 2.47. The Bertz CT molecular complexity index is 699. The van der Waals surface area contributed by atoms with Crippen LogP contribution >= 0.6 is 0 Å². The third-order valence-electron chi connectivity index (χ3n) is 2.60. The van der Waals surface area contributed by atoms with Crippen LogP contribution in [0.2, 0.25) is 0 Å². The zero-order valence-electron chi connectivity index (χ0n) is 9.56. The number of benzene rings is 1. The van der Waals surface area contributed by atoms with E-state index in [1.54, 1.807) is 0 Å². The van der Waals surface area contributed by atoms with E-state index in [1.165, 1.54) is 6.92 Å². The molecule has 102 valence electrons. The summed E-state index contributed by atoms with van der Waals surface area (Å²) in [6.45, 7) is 1.37. The maximum Gasteiger partial charge on any atom is 0.274 e. The highest BCUT2D eigenvalue weighted by Crippen LogP contribution is 2.51. The lowest BCUT2D eigenvalue weighted by Crippen LogP contribution is -2.20. The molecule has 6 N–H and O–H groups in total. The SMILES string of the molecule is Cc1cc(=O)n(-c2c(O)c(O)c(O)c(O)c2O)n1O. The van der Waals surface area contributed by atoms with Crippen molar-refractivity contribution in [1.82, 2.24) is 9.53 Å². The summed E-state index contributed by atoms with van der Waals surface area (Å²) in [6.07, 6.45) is 0. The van der Waals surface area contributed by atoms with Crippen molar-refractivity contribution in [1.29, 1.82) is 0 Å². The fraction of sp³-hybridized carbons (Fsp3) is 0.100. The van der Waals surface area contributed by atoms with E-state index in [4.69, 9.17) is 0 Å². The number of hydrogen-bond acceptors (Lipinski definition) is 7. The van der Waals surface area contributed by atoms with Gasteiger partial charge in [-0.25, -0.2) is 0 Å². The van der Waals surface area contributed by atoms with Crippen molar-refractivity contribution in [3.05, 3.63) is 22.1 Å². The maximum atomic E-state index is 11.6. The van der Waals surface area contributed by atoms with Gasteiger partial charge in [0, 0.05) is 6.07 Å². The molecular weight excluding hydrogens is 260 g/mol. The number of aromatic nitrogens is 2. The van der Waals surface area contributed by atoms with E-state index in [9.17, 15) is 35.5 Å². The van der Waals surface area contributed by atoms with Gasteiger partial charge in [0.2, 0.25) is 17.2 Å². The molecule has 0 fully saturated rings. The molecule has 9 nitrogen and oxygen atoms in total. The van der Waals surface area contributed by atoms with E-state index in [0.29, 0.717) is 9.53 Å². The molecule has 0 amide bonds. The van der Waals surface area contributed by atoms with Gasteiger partial charge in [-0.15, -0.1) is 4.85 Å². The zero-order valence-corrected chi connectivity index (χ0v) is 9.56. The van der Waals surface area contributed by atoms with E-state index in [-0.39, 0.29) is 5.69 Å². The Hall–Kier alpha value is -2.97. The van der Waals surface area contributed by atoms with Crippen molar-refractivity contribution in [3.8, 4) is 34.4 Å². The van der Waals surface area contributed by atoms with Gasteiger partial charge < -0.3 is 30.7 Å². The summed E-state index contributed by atoms with van der Waals surface area (Å²) in [7, 11) is 0. The highest BCUT2D eigenvalue weighted by Gasteiger charge is 2.27. The molecule has 9 heteroatoms. The summed E-state index contributed by atoms with van der Waals surface area (Å²) in [6, 6.07) is 0.986. The van der Waals surface area contributed by atoms with E-state index in [2.05, 4.69) is 0 Å². The molecule has 1 aromatic carbocycles. The molecule has 19 heavy (non-hydrogen) atoms. The van der Waals surface area contributed by atoms with Crippen LogP contribution in [0.25, 0.3) is 5.69 Å². The third kappa shape index (κ3) is 1.52. The Morgan fingerprint density at radius 2 is 1.32 bits per heavy atom. The average Bonchev–Trinajstić information content (AvgIpc) is 2.61. The van der Waals surface area contributed by atoms with Gasteiger partial charge in [-0.05, 0) is 6.92 Å². The smallest absolute Gasteiger partial charge is 0.274 e. The van der Waals surface area contributed by atoms with Gasteiger partial charge in [-0.3, -0.25) is 4.79 Å². The number of hydrogen-bond donors (Lipinski definition) is 6. The highest BCUT2D eigenvalue weighted by molar-refractivity contribution is 5.73. The molecule has 0 unspecified atom stereocenters. The summed E-state index contributed by atoms with van der Waals surface area (Å²) in [5.41, 5.74) is -1.53. The fourth-order valence-corrected chi connectivity index (χ4v) is 1.63. The van der Waals surface area contributed by atoms with Gasteiger partial charge in [0.25, 0.3) is 5.56 Å². The normalized spacial score (nSPS) is 10.8. The first-order valence-electron chi connectivity index (χ1n) is 4.97. The van der Waals surface area contributed by atoms with Gasteiger partial charge >= 0.3 is 0 Å². The maximum absolute atomic E-state index is 11.6. The Balaban J connectivity index is 2.95. The van der Waals surface area contributed by atoms with Gasteiger partial charge in [0.15, 0.2) is 17.2 Å². The van der Waals surface area contributed by atoms with Gasteiger partial charge in [0.1, 0.15) is 0 Å². The summed E-state index contributed by atoms with van der Waals surface area (Å²) in [5.74, 6) is -5.60. The second kappa shape index (κ2) is 3.77. The average molecular weight is 270 g/mol. The standard InChI is InChI=1S/C10H10N2O7/c1-3-2-4(13)11(12(3)19)5-6(14)8(16)10(18)9(17)7(5)15/h2,14-19H,1H3. The summed E-state index contributed by atoms with van der Waals surface area (Å²) in [4.78, 5) is 11.9. The predicted octanol–water partition coefficient (Wildman–Crippen LogP) is -0.287. The van der Waals surface area contributed by atoms with Crippen LogP contribution in [-0.4, -0.2) is 40.3 Å². The van der Waals surface area contributed by atoms with Gasteiger partial charge in [0.05, 0.1) is 5.69 Å². The topological polar surface area (TPSA) is 148 Å². The molecule has 0 aliphatic rings.